The molecule has 88 valence electrons. The van der Waals surface area contributed by atoms with Crippen molar-refractivity contribution in [3.05, 3.63) is 50.7 Å². The van der Waals surface area contributed by atoms with Crippen molar-refractivity contribution in [1.29, 1.82) is 0 Å². The van der Waals surface area contributed by atoms with Crippen LogP contribution in [0, 0.1) is 13.8 Å². The van der Waals surface area contributed by atoms with Gasteiger partial charge in [-0.1, -0.05) is 11.6 Å². The number of halogens is 1. The van der Waals surface area contributed by atoms with E-state index in [1.807, 2.05) is 37.4 Å². The first-order chi connectivity index (χ1) is 8.08. The van der Waals surface area contributed by atoms with Gasteiger partial charge in [-0.2, -0.15) is 0 Å². The van der Waals surface area contributed by atoms with Crippen molar-refractivity contribution in [2.75, 3.05) is 5.32 Å². The summed E-state index contributed by atoms with van der Waals surface area (Å²) in [5, 5.41) is 5.48. The molecule has 17 heavy (non-hydrogen) atoms. The number of hydrogen-bond acceptors (Lipinski definition) is 2. The van der Waals surface area contributed by atoms with Crippen LogP contribution in [0.5, 0.6) is 0 Å². The number of carbonyl (C=O) groups is 1. The third kappa shape index (κ3) is 2.68. The lowest BCUT2D eigenvalue weighted by Crippen LogP contribution is -2.12. The molecular formula is C13H12ClNOS. The number of hydrogen-bond donors (Lipinski definition) is 1. The second-order valence-electron chi connectivity index (χ2n) is 3.85. The van der Waals surface area contributed by atoms with E-state index < -0.39 is 0 Å². The SMILES string of the molecule is Cc1cc(Cl)ccc1NC(=O)c1sccc1C. The van der Waals surface area contributed by atoms with Gasteiger partial charge in [0, 0.05) is 10.7 Å². The third-order valence-electron chi connectivity index (χ3n) is 2.50. The Morgan fingerprint density at radius 1 is 1.24 bits per heavy atom. The van der Waals surface area contributed by atoms with Gasteiger partial charge < -0.3 is 5.32 Å². The first-order valence-electron chi connectivity index (χ1n) is 5.19. The van der Waals surface area contributed by atoms with Crippen LogP contribution < -0.4 is 5.32 Å². The van der Waals surface area contributed by atoms with Crippen molar-refractivity contribution in [3.8, 4) is 0 Å². The van der Waals surface area contributed by atoms with Crippen LogP contribution in [0.3, 0.4) is 0 Å². The molecule has 0 aliphatic rings. The molecular weight excluding hydrogens is 254 g/mol. The molecule has 0 fully saturated rings. The topological polar surface area (TPSA) is 29.1 Å². The molecule has 0 atom stereocenters. The molecule has 0 spiro atoms. The Morgan fingerprint density at radius 3 is 2.59 bits per heavy atom. The normalized spacial score (nSPS) is 10.3. The fourth-order valence-corrected chi connectivity index (χ4v) is 2.60. The quantitative estimate of drug-likeness (QED) is 0.863. The monoisotopic (exact) mass is 265 g/mol. The van der Waals surface area contributed by atoms with Crippen molar-refractivity contribution in [2.24, 2.45) is 0 Å². The predicted octanol–water partition coefficient (Wildman–Crippen LogP) is 4.27. The molecule has 0 bridgehead atoms. The van der Waals surface area contributed by atoms with Crippen molar-refractivity contribution in [2.45, 2.75) is 13.8 Å². The Kier molecular flexibility index (Phi) is 3.50. The van der Waals surface area contributed by atoms with Crippen LogP contribution in [0.15, 0.2) is 29.6 Å². The maximum absolute atomic E-state index is 12.0. The van der Waals surface area contributed by atoms with E-state index >= 15 is 0 Å². The van der Waals surface area contributed by atoms with Gasteiger partial charge in [0.1, 0.15) is 0 Å². The minimum atomic E-state index is -0.0667. The maximum Gasteiger partial charge on any atom is 0.266 e. The molecule has 0 aliphatic heterocycles. The highest BCUT2D eigenvalue weighted by Crippen LogP contribution is 2.22. The second-order valence-corrected chi connectivity index (χ2v) is 5.20. The van der Waals surface area contributed by atoms with Gasteiger partial charge in [0.2, 0.25) is 0 Å². The van der Waals surface area contributed by atoms with Gasteiger partial charge >= 0.3 is 0 Å². The van der Waals surface area contributed by atoms with Gasteiger partial charge in [-0.3, -0.25) is 4.79 Å². The summed E-state index contributed by atoms with van der Waals surface area (Å²) in [6.07, 6.45) is 0. The number of anilines is 1. The lowest BCUT2D eigenvalue weighted by Gasteiger charge is -2.08. The Balaban J connectivity index is 2.22. The highest BCUT2D eigenvalue weighted by molar-refractivity contribution is 7.12. The van der Waals surface area contributed by atoms with Gasteiger partial charge in [0.15, 0.2) is 0 Å². The number of aryl methyl sites for hydroxylation is 2. The molecule has 0 saturated heterocycles. The van der Waals surface area contributed by atoms with E-state index in [4.69, 9.17) is 11.6 Å². The Labute approximate surface area is 109 Å². The van der Waals surface area contributed by atoms with Crippen LogP contribution >= 0.6 is 22.9 Å². The van der Waals surface area contributed by atoms with Crippen molar-refractivity contribution in [1.82, 2.24) is 0 Å². The number of amides is 1. The fraction of sp³-hybridized carbons (Fsp3) is 0.154. The standard InChI is InChI=1S/C13H12ClNOS/c1-8-5-6-17-12(8)13(16)15-11-4-3-10(14)7-9(11)2/h3-7H,1-2H3,(H,15,16). The molecule has 0 aliphatic carbocycles. The van der Waals surface area contributed by atoms with Crippen LogP contribution in [0.2, 0.25) is 5.02 Å². The number of benzene rings is 1. The van der Waals surface area contributed by atoms with Gasteiger partial charge in [0.05, 0.1) is 4.88 Å². The average molecular weight is 266 g/mol. The molecule has 1 N–H and O–H groups in total. The zero-order valence-corrected chi connectivity index (χ0v) is 11.2. The molecule has 0 unspecified atom stereocenters. The Bertz CT molecular complexity index is 562. The summed E-state index contributed by atoms with van der Waals surface area (Å²) >= 11 is 7.32. The highest BCUT2D eigenvalue weighted by atomic mass is 35.5. The number of rotatable bonds is 2. The van der Waals surface area contributed by atoms with E-state index in [1.165, 1.54) is 11.3 Å². The fourth-order valence-electron chi connectivity index (χ4n) is 1.55. The van der Waals surface area contributed by atoms with Crippen LogP contribution in [0.4, 0.5) is 5.69 Å². The number of nitrogens with one attached hydrogen (secondary N) is 1. The predicted molar refractivity (Wildman–Crippen MR) is 73.2 cm³/mol. The number of carbonyl (C=O) groups excluding carboxylic acids is 1. The minimum absolute atomic E-state index is 0.0667. The molecule has 4 heteroatoms. The molecule has 2 rings (SSSR count). The van der Waals surface area contributed by atoms with E-state index in [-0.39, 0.29) is 5.91 Å². The lowest BCUT2D eigenvalue weighted by molar-refractivity contribution is 0.103. The van der Waals surface area contributed by atoms with E-state index in [0.29, 0.717) is 5.02 Å². The lowest BCUT2D eigenvalue weighted by atomic mass is 10.2. The minimum Gasteiger partial charge on any atom is -0.321 e. The van der Waals surface area contributed by atoms with Gasteiger partial charge in [-0.15, -0.1) is 11.3 Å². The van der Waals surface area contributed by atoms with Crippen molar-refractivity contribution in [3.63, 3.8) is 0 Å². The molecule has 1 aromatic carbocycles. The summed E-state index contributed by atoms with van der Waals surface area (Å²) in [7, 11) is 0. The maximum atomic E-state index is 12.0. The molecule has 0 radical (unpaired) electrons. The molecule has 2 nitrogen and oxygen atoms in total. The highest BCUT2D eigenvalue weighted by Gasteiger charge is 2.11. The molecule has 1 heterocycles. The molecule has 1 amide bonds. The first-order valence-corrected chi connectivity index (χ1v) is 6.45. The zero-order valence-electron chi connectivity index (χ0n) is 9.58. The molecule has 0 saturated carbocycles. The van der Waals surface area contributed by atoms with Gasteiger partial charge in [0.25, 0.3) is 5.91 Å². The third-order valence-corrected chi connectivity index (χ3v) is 3.76. The van der Waals surface area contributed by atoms with Crippen LogP contribution in [-0.2, 0) is 0 Å². The molecule has 1 aromatic heterocycles. The van der Waals surface area contributed by atoms with E-state index in [1.54, 1.807) is 6.07 Å². The Hall–Kier alpha value is -1.32. The van der Waals surface area contributed by atoms with Crippen LogP contribution in [-0.4, -0.2) is 5.91 Å². The van der Waals surface area contributed by atoms with Crippen molar-refractivity contribution < 1.29 is 4.79 Å². The number of thiophene rings is 1. The van der Waals surface area contributed by atoms with Crippen LogP contribution in [0.25, 0.3) is 0 Å². The molecule has 2 aromatic rings. The smallest absolute Gasteiger partial charge is 0.266 e. The van der Waals surface area contributed by atoms with E-state index in [9.17, 15) is 4.79 Å². The second kappa shape index (κ2) is 4.90. The summed E-state index contributed by atoms with van der Waals surface area (Å²) in [6.45, 7) is 3.85. The Morgan fingerprint density at radius 2 is 2.00 bits per heavy atom. The average Bonchev–Trinajstić information content (AvgIpc) is 2.68. The first kappa shape index (κ1) is 12.1. The van der Waals surface area contributed by atoms with E-state index in [2.05, 4.69) is 5.32 Å². The summed E-state index contributed by atoms with van der Waals surface area (Å²) in [5.74, 6) is -0.0667. The summed E-state index contributed by atoms with van der Waals surface area (Å²) in [5.41, 5.74) is 2.76. The largest absolute Gasteiger partial charge is 0.321 e. The van der Waals surface area contributed by atoms with Gasteiger partial charge in [-0.25, -0.2) is 0 Å². The van der Waals surface area contributed by atoms with Crippen molar-refractivity contribution >= 4 is 34.5 Å². The van der Waals surface area contributed by atoms with E-state index in [0.717, 1.165) is 21.7 Å². The summed E-state index contributed by atoms with van der Waals surface area (Å²) < 4.78 is 0. The summed E-state index contributed by atoms with van der Waals surface area (Å²) in [6, 6.07) is 7.36. The van der Waals surface area contributed by atoms with Crippen LogP contribution in [0.1, 0.15) is 20.8 Å². The summed E-state index contributed by atoms with van der Waals surface area (Å²) in [4.78, 5) is 12.7. The van der Waals surface area contributed by atoms with Gasteiger partial charge in [-0.05, 0) is 54.6 Å². The zero-order chi connectivity index (χ0) is 12.4.